The Morgan fingerprint density at radius 3 is 2.19 bits per heavy atom. The molecule has 0 spiro atoms. The van der Waals surface area contributed by atoms with Crippen LogP contribution < -0.4 is 10.1 Å². The minimum Gasteiger partial charge on any atom is -0.457 e. The summed E-state index contributed by atoms with van der Waals surface area (Å²) in [6.07, 6.45) is 2.30. The van der Waals surface area contributed by atoms with Crippen LogP contribution in [-0.4, -0.2) is 28.2 Å². The molecule has 0 saturated heterocycles. The molecule has 36 heavy (non-hydrogen) atoms. The molecule has 1 aliphatic rings. The molecule has 1 N–H and O–H groups in total. The number of aromatic nitrogens is 1. The van der Waals surface area contributed by atoms with Gasteiger partial charge in [0.15, 0.2) is 5.78 Å². The molecule has 4 rings (SSSR count). The number of esters is 2. The Morgan fingerprint density at radius 1 is 0.944 bits per heavy atom. The number of amides is 1. The minimum atomic E-state index is -0.562. The van der Waals surface area contributed by atoms with E-state index in [1.165, 1.54) is 20.8 Å². The van der Waals surface area contributed by atoms with Crippen LogP contribution in [0.2, 0.25) is 0 Å². The fourth-order valence-corrected chi connectivity index (χ4v) is 4.29. The highest BCUT2D eigenvalue weighted by molar-refractivity contribution is 6.02. The number of anilines is 1. The molecule has 188 valence electrons. The van der Waals surface area contributed by atoms with Gasteiger partial charge in [-0.25, -0.2) is 0 Å². The smallest absolute Gasteiger partial charge is 0.310 e. The number of Topliss-reactive ketones (excluding diaryl/α,β-unsaturated/α-hetero) is 1. The van der Waals surface area contributed by atoms with Crippen molar-refractivity contribution in [2.24, 2.45) is 7.05 Å². The van der Waals surface area contributed by atoms with Gasteiger partial charge in [0, 0.05) is 56.7 Å². The molecule has 8 heteroatoms. The molecule has 2 aromatic carbocycles. The summed E-state index contributed by atoms with van der Waals surface area (Å²) in [5, 5.41) is 2.85. The Labute approximate surface area is 210 Å². The first-order chi connectivity index (χ1) is 17.1. The first kappa shape index (κ1) is 26.4. The Hall–Kier alpha value is -4.20. The van der Waals surface area contributed by atoms with E-state index in [1.54, 1.807) is 0 Å². The second-order valence-electron chi connectivity index (χ2n) is 8.52. The van der Waals surface area contributed by atoms with Crippen LogP contribution in [0.5, 0.6) is 11.5 Å². The molecular formula is C28H30N2O6. The summed E-state index contributed by atoms with van der Waals surface area (Å²) in [6, 6.07) is 15.2. The maximum atomic E-state index is 12.6. The second-order valence-corrected chi connectivity index (χ2v) is 8.52. The van der Waals surface area contributed by atoms with Gasteiger partial charge in [-0.15, -0.1) is 0 Å². The van der Waals surface area contributed by atoms with Crippen LogP contribution in [-0.2, 0) is 32.6 Å². The standard InChI is InChI=1S/C24H24N2O3.C4H6O3/c1-15-23-19(10-7-11-21(23)28)24(26(15)3)20-14-17(25-16(2)27)12-13-22(20)29-18-8-5-4-6-9-18;1-3(5)7-4(2)6/h4-6,8-9,12-14H,7,10-11H2,1-3H3,(H,25,27);1-2H3. The molecular weight excluding hydrogens is 460 g/mol. The molecule has 0 atom stereocenters. The Kier molecular flexibility index (Phi) is 8.42. The molecule has 0 radical (unpaired) electrons. The van der Waals surface area contributed by atoms with Crippen LogP contribution >= 0.6 is 0 Å². The van der Waals surface area contributed by atoms with E-state index in [2.05, 4.69) is 14.6 Å². The number of carbonyl (C=O) groups is 4. The monoisotopic (exact) mass is 490 g/mol. The summed E-state index contributed by atoms with van der Waals surface area (Å²) in [5.74, 6) is 0.366. The van der Waals surface area contributed by atoms with Gasteiger partial charge >= 0.3 is 11.9 Å². The summed E-state index contributed by atoms with van der Waals surface area (Å²) in [6.45, 7) is 5.84. The predicted molar refractivity (Wildman–Crippen MR) is 136 cm³/mol. The lowest BCUT2D eigenvalue weighted by Gasteiger charge is -2.17. The van der Waals surface area contributed by atoms with Crippen molar-refractivity contribution in [3.05, 3.63) is 65.4 Å². The molecule has 1 heterocycles. The van der Waals surface area contributed by atoms with E-state index < -0.39 is 11.9 Å². The van der Waals surface area contributed by atoms with Crippen molar-refractivity contribution in [1.82, 2.24) is 4.57 Å². The Bertz CT molecular complexity index is 1300. The molecule has 8 nitrogen and oxygen atoms in total. The number of hydrogen-bond donors (Lipinski definition) is 1. The SMILES string of the molecule is CC(=O)Nc1ccc(Oc2ccccc2)c(-c2c3c(c(C)n2C)C(=O)CCC3)c1.CC(=O)OC(C)=O. The average molecular weight is 491 g/mol. The van der Waals surface area contributed by atoms with Gasteiger partial charge in [0.1, 0.15) is 11.5 Å². The van der Waals surface area contributed by atoms with Crippen molar-refractivity contribution < 1.29 is 28.7 Å². The lowest BCUT2D eigenvalue weighted by molar-refractivity contribution is -0.156. The zero-order valence-corrected chi connectivity index (χ0v) is 21.1. The number of nitrogens with one attached hydrogen (secondary N) is 1. The van der Waals surface area contributed by atoms with Crippen LogP contribution in [0.25, 0.3) is 11.3 Å². The van der Waals surface area contributed by atoms with Crippen LogP contribution in [0.3, 0.4) is 0 Å². The first-order valence-electron chi connectivity index (χ1n) is 11.6. The lowest BCUT2D eigenvalue weighted by Crippen LogP contribution is -2.10. The predicted octanol–water partition coefficient (Wildman–Crippen LogP) is 5.37. The highest BCUT2D eigenvalue weighted by atomic mass is 16.6. The molecule has 0 unspecified atom stereocenters. The van der Waals surface area contributed by atoms with E-state index >= 15 is 0 Å². The molecule has 0 aliphatic heterocycles. The molecule has 1 aliphatic carbocycles. The molecule has 0 bridgehead atoms. The number of nitrogens with zero attached hydrogens (tertiary/aromatic N) is 1. The highest BCUT2D eigenvalue weighted by Gasteiger charge is 2.28. The third kappa shape index (κ3) is 6.27. The van der Waals surface area contributed by atoms with E-state index in [4.69, 9.17) is 4.74 Å². The van der Waals surface area contributed by atoms with Crippen molar-refractivity contribution in [3.8, 4) is 22.8 Å². The minimum absolute atomic E-state index is 0.132. The largest absolute Gasteiger partial charge is 0.457 e. The van der Waals surface area contributed by atoms with Crippen molar-refractivity contribution >= 4 is 29.3 Å². The van der Waals surface area contributed by atoms with Crippen molar-refractivity contribution in [3.63, 3.8) is 0 Å². The molecule has 3 aromatic rings. The van der Waals surface area contributed by atoms with E-state index in [0.29, 0.717) is 17.9 Å². The van der Waals surface area contributed by atoms with Gasteiger partial charge in [0.2, 0.25) is 5.91 Å². The molecule has 0 saturated carbocycles. The third-order valence-electron chi connectivity index (χ3n) is 5.71. The number of ether oxygens (including phenoxy) is 2. The van der Waals surface area contributed by atoms with Gasteiger partial charge in [0.05, 0.1) is 5.69 Å². The number of carbonyl (C=O) groups excluding carboxylic acids is 4. The average Bonchev–Trinajstić information content (AvgIpc) is 3.06. The van der Waals surface area contributed by atoms with Gasteiger partial charge in [-0.05, 0) is 55.7 Å². The second kappa shape index (κ2) is 11.5. The van der Waals surface area contributed by atoms with Crippen LogP contribution in [0.1, 0.15) is 55.2 Å². The zero-order valence-electron chi connectivity index (χ0n) is 21.1. The fraction of sp³-hybridized carbons (Fsp3) is 0.286. The van der Waals surface area contributed by atoms with Crippen molar-refractivity contribution in [2.75, 3.05) is 5.32 Å². The van der Waals surface area contributed by atoms with Gasteiger partial charge in [-0.1, -0.05) is 18.2 Å². The van der Waals surface area contributed by atoms with Gasteiger partial charge < -0.3 is 19.4 Å². The Balaban J connectivity index is 0.000000454. The maximum absolute atomic E-state index is 12.6. The van der Waals surface area contributed by atoms with Crippen molar-refractivity contribution in [2.45, 2.75) is 47.0 Å². The number of hydrogen-bond acceptors (Lipinski definition) is 6. The van der Waals surface area contributed by atoms with E-state index in [0.717, 1.165) is 46.7 Å². The van der Waals surface area contributed by atoms with Crippen LogP contribution in [0.4, 0.5) is 5.69 Å². The quantitative estimate of drug-likeness (QED) is 0.390. The number of para-hydroxylation sites is 1. The summed E-state index contributed by atoms with van der Waals surface area (Å²) in [7, 11) is 1.98. The summed E-state index contributed by atoms with van der Waals surface area (Å²) >= 11 is 0. The molecule has 1 amide bonds. The Morgan fingerprint density at radius 2 is 1.61 bits per heavy atom. The van der Waals surface area contributed by atoms with E-state index in [1.807, 2.05) is 62.5 Å². The number of benzene rings is 2. The van der Waals surface area contributed by atoms with Gasteiger partial charge in [-0.2, -0.15) is 0 Å². The fourth-order valence-electron chi connectivity index (χ4n) is 4.29. The van der Waals surface area contributed by atoms with Gasteiger partial charge in [-0.3, -0.25) is 19.2 Å². The van der Waals surface area contributed by atoms with Crippen molar-refractivity contribution in [1.29, 1.82) is 0 Å². The normalized spacial score (nSPS) is 12.1. The van der Waals surface area contributed by atoms with Crippen LogP contribution in [0.15, 0.2) is 48.5 Å². The number of rotatable bonds is 4. The third-order valence-corrected chi connectivity index (χ3v) is 5.71. The summed E-state index contributed by atoms with van der Waals surface area (Å²) in [5.41, 5.74) is 5.41. The van der Waals surface area contributed by atoms with Crippen LogP contribution in [0, 0.1) is 6.92 Å². The lowest BCUT2D eigenvalue weighted by atomic mass is 9.89. The number of ketones is 1. The highest BCUT2D eigenvalue weighted by Crippen LogP contribution is 2.42. The first-order valence-corrected chi connectivity index (χ1v) is 11.6. The summed E-state index contributed by atoms with van der Waals surface area (Å²) < 4.78 is 12.2. The maximum Gasteiger partial charge on any atom is 0.310 e. The van der Waals surface area contributed by atoms with E-state index in [9.17, 15) is 19.2 Å². The number of fused-ring (bicyclic) bond motifs is 1. The van der Waals surface area contributed by atoms with Gasteiger partial charge in [0.25, 0.3) is 0 Å². The molecule has 0 fully saturated rings. The summed E-state index contributed by atoms with van der Waals surface area (Å²) in [4.78, 5) is 43.8. The van der Waals surface area contributed by atoms with E-state index in [-0.39, 0.29) is 11.7 Å². The topological polar surface area (TPSA) is 104 Å². The zero-order chi connectivity index (χ0) is 26.4. The molecule has 1 aromatic heterocycles.